The third-order valence-electron chi connectivity index (χ3n) is 2.65. The molecule has 6 heteroatoms. The summed E-state index contributed by atoms with van der Waals surface area (Å²) in [6, 6.07) is 7.43. The first-order chi connectivity index (χ1) is 9.34. The van der Waals surface area contributed by atoms with Gasteiger partial charge in [0.15, 0.2) is 5.69 Å². The van der Waals surface area contributed by atoms with Gasteiger partial charge < -0.3 is 5.32 Å². The maximum Gasteiger partial charge on any atom is 0.272 e. The zero-order chi connectivity index (χ0) is 13.1. The molecule has 1 aromatic rings. The van der Waals surface area contributed by atoms with E-state index in [9.17, 15) is 4.79 Å². The monoisotopic (exact) mass is 270 g/mol. The smallest absolute Gasteiger partial charge is 0.272 e. The summed E-state index contributed by atoms with van der Waals surface area (Å²) in [5, 5.41) is 14.5. The first-order valence-corrected chi connectivity index (χ1v) is 6.65. The molecule has 0 unspecified atom stereocenters. The summed E-state index contributed by atoms with van der Waals surface area (Å²) in [4.78, 5) is 16.2. The number of hydrogen-bond donors (Lipinski definition) is 1. The highest BCUT2D eigenvalue weighted by molar-refractivity contribution is 7.07. The van der Waals surface area contributed by atoms with Crippen molar-refractivity contribution >= 4 is 17.2 Å². The first-order valence-electron chi connectivity index (χ1n) is 5.71. The van der Waals surface area contributed by atoms with E-state index >= 15 is 0 Å². The Labute approximate surface area is 113 Å². The van der Waals surface area contributed by atoms with E-state index in [0.29, 0.717) is 12.2 Å². The van der Waals surface area contributed by atoms with E-state index in [4.69, 9.17) is 0 Å². The van der Waals surface area contributed by atoms with Gasteiger partial charge in [-0.15, -0.1) is 10.2 Å². The van der Waals surface area contributed by atoms with Crippen LogP contribution in [0.15, 0.2) is 41.2 Å². The van der Waals surface area contributed by atoms with Crippen molar-refractivity contribution in [3.05, 3.63) is 52.6 Å². The Morgan fingerprint density at radius 3 is 3.05 bits per heavy atom. The van der Waals surface area contributed by atoms with Crippen molar-refractivity contribution in [2.45, 2.75) is 6.54 Å². The predicted octanol–water partition coefficient (Wildman–Crippen LogP) is 1.97. The summed E-state index contributed by atoms with van der Waals surface area (Å²) in [6.07, 6.45) is 1.70. The van der Waals surface area contributed by atoms with Crippen LogP contribution in [0, 0.1) is 0 Å². The molecule has 3 rings (SSSR count). The molecule has 0 fully saturated rings. The van der Waals surface area contributed by atoms with Crippen LogP contribution in [0.25, 0.3) is 11.3 Å². The van der Waals surface area contributed by atoms with Gasteiger partial charge in [0.2, 0.25) is 0 Å². The number of rotatable bonds is 3. The third-order valence-corrected chi connectivity index (χ3v) is 3.32. The average molecular weight is 270 g/mol. The van der Waals surface area contributed by atoms with Crippen molar-refractivity contribution < 1.29 is 4.79 Å². The number of carbonyl (C=O) groups excluding carboxylic acids is 1. The summed E-state index contributed by atoms with van der Waals surface area (Å²) < 4.78 is 0. The highest BCUT2D eigenvalue weighted by Crippen LogP contribution is 2.24. The SMILES string of the molecule is O=C(NCc1ccccn1)c1nnc2ccscc1-2. The molecule has 1 amide bonds. The van der Waals surface area contributed by atoms with Crippen molar-refractivity contribution in [3.63, 3.8) is 0 Å². The summed E-state index contributed by atoms with van der Waals surface area (Å²) in [5.74, 6) is -0.230. The lowest BCUT2D eigenvalue weighted by molar-refractivity contribution is 0.0946. The van der Waals surface area contributed by atoms with Gasteiger partial charge in [-0.1, -0.05) is 6.07 Å². The Kier molecular flexibility index (Phi) is 3.16. The second-order valence-electron chi connectivity index (χ2n) is 3.91. The van der Waals surface area contributed by atoms with Crippen LogP contribution in [0.1, 0.15) is 16.2 Å². The molecular weight excluding hydrogens is 260 g/mol. The molecule has 5 nitrogen and oxygen atoms in total. The highest BCUT2D eigenvalue weighted by atomic mass is 32.1. The molecule has 2 aliphatic heterocycles. The minimum Gasteiger partial charge on any atom is -0.345 e. The van der Waals surface area contributed by atoms with Gasteiger partial charge in [-0.25, -0.2) is 0 Å². The molecule has 19 heavy (non-hydrogen) atoms. The van der Waals surface area contributed by atoms with E-state index in [1.165, 1.54) is 11.3 Å². The normalized spacial score (nSPS) is 10.5. The lowest BCUT2D eigenvalue weighted by atomic mass is 10.2. The first kappa shape index (κ1) is 11.7. The molecule has 1 N–H and O–H groups in total. The Bertz CT molecular complexity index is 667. The Hall–Kier alpha value is -2.34. The molecular formula is C13H10N4OS. The molecule has 0 saturated carbocycles. The number of aromatic nitrogens is 3. The van der Waals surface area contributed by atoms with Gasteiger partial charge in [0.1, 0.15) is 0 Å². The fourth-order valence-corrected chi connectivity index (χ4v) is 2.36. The summed E-state index contributed by atoms with van der Waals surface area (Å²) >= 11 is 1.51. The number of amides is 1. The van der Waals surface area contributed by atoms with Crippen LogP contribution in [0.5, 0.6) is 0 Å². The zero-order valence-corrected chi connectivity index (χ0v) is 10.7. The van der Waals surface area contributed by atoms with E-state index in [1.54, 1.807) is 6.20 Å². The van der Waals surface area contributed by atoms with Crippen LogP contribution in [0.4, 0.5) is 0 Å². The molecule has 3 heterocycles. The van der Waals surface area contributed by atoms with E-state index in [0.717, 1.165) is 17.0 Å². The molecule has 0 radical (unpaired) electrons. The molecule has 1 aromatic heterocycles. The van der Waals surface area contributed by atoms with Crippen molar-refractivity contribution in [1.82, 2.24) is 20.5 Å². The second kappa shape index (κ2) is 5.11. The lowest BCUT2D eigenvalue weighted by Crippen LogP contribution is -2.24. The van der Waals surface area contributed by atoms with Gasteiger partial charge in [0.05, 0.1) is 17.9 Å². The predicted molar refractivity (Wildman–Crippen MR) is 71.9 cm³/mol. The average Bonchev–Trinajstić information content (AvgIpc) is 2.90. The van der Waals surface area contributed by atoms with E-state index in [1.807, 2.05) is 35.0 Å². The molecule has 0 spiro atoms. The van der Waals surface area contributed by atoms with Crippen LogP contribution in [0.3, 0.4) is 0 Å². The van der Waals surface area contributed by atoms with Crippen molar-refractivity contribution in [3.8, 4) is 11.3 Å². The lowest BCUT2D eigenvalue weighted by Gasteiger charge is -2.03. The highest BCUT2D eigenvalue weighted by Gasteiger charge is 2.18. The van der Waals surface area contributed by atoms with Crippen LogP contribution in [-0.2, 0) is 6.54 Å². The fourth-order valence-electron chi connectivity index (χ4n) is 1.71. The Balaban J connectivity index is 1.74. The summed E-state index contributed by atoms with van der Waals surface area (Å²) in [7, 11) is 0. The van der Waals surface area contributed by atoms with E-state index < -0.39 is 0 Å². The van der Waals surface area contributed by atoms with Crippen LogP contribution in [-0.4, -0.2) is 21.1 Å². The molecule has 2 aliphatic rings. The van der Waals surface area contributed by atoms with Crippen molar-refractivity contribution in [2.24, 2.45) is 0 Å². The van der Waals surface area contributed by atoms with E-state index in [2.05, 4.69) is 20.5 Å². The van der Waals surface area contributed by atoms with Gasteiger partial charge in [0.25, 0.3) is 5.91 Å². The van der Waals surface area contributed by atoms with Crippen LogP contribution < -0.4 is 5.32 Å². The summed E-state index contributed by atoms with van der Waals surface area (Å²) in [6.45, 7) is 0.379. The van der Waals surface area contributed by atoms with Gasteiger partial charge in [-0.3, -0.25) is 9.78 Å². The minimum absolute atomic E-state index is 0.230. The van der Waals surface area contributed by atoms with E-state index in [-0.39, 0.29) is 5.91 Å². The van der Waals surface area contributed by atoms with Gasteiger partial charge in [-0.05, 0) is 23.6 Å². The number of nitrogens with one attached hydrogen (secondary N) is 1. The van der Waals surface area contributed by atoms with Gasteiger partial charge in [0, 0.05) is 17.1 Å². The molecule has 94 valence electrons. The Morgan fingerprint density at radius 2 is 2.21 bits per heavy atom. The number of hydrogen-bond acceptors (Lipinski definition) is 5. The molecule has 0 aliphatic carbocycles. The van der Waals surface area contributed by atoms with Crippen molar-refractivity contribution in [1.29, 1.82) is 0 Å². The number of nitrogens with zero attached hydrogens (tertiary/aromatic N) is 3. The topological polar surface area (TPSA) is 67.8 Å². The zero-order valence-electron chi connectivity index (χ0n) is 9.91. The maximum absolute atomic E-state index is 12.1. The third kappa shape index (κ3) is 2.43. The quantitative estimate of drug-likeness (QED) is 0.790. The second-order valence-corrected chi connectivity index (χ2v) is 4.69. The molecule has 0 bridgehead atoms. The molecule has 0 saturated heterocycles. The van der Waals surface area contributed by atoms with Crippen LogP contribution >= 0.6 is 11.3 Å². The number of pyridine rings is 1. The number of carbonyl (C=O) groups is 1. The Morgan fingerprint density at radius 1 is 1.26 bits per heavy atom. The van der Waals surface area contributed by atoms with Gasteiger partial charge in [-0.2, -0.15) is 11.3 Å². The standard InChI is InChI=1S/C13H10N4OS/c18-13(15-7-9-3-1-2-5-14-9)12-10-8-19-6-4-11(10)16-17-12/h1-6,8H,7H2,(H,15,18). The fraction of sp³-hybridized carbons (Fsp3) is 0.0769. The molecule has 0 atom stereocenters. The van der Waals surface area contributed by atoms with Crippen molar-refractivity contribution in [2.75, 3.05) is 0 Å². The number of fused-ring (bicyclic) bond motifs is 1. The van der Waals surface area contributed by atoms with Gasteiger partial charge >= 0.3 is 0 Å². The largest absolute Gasteiger partial charge is 0.345 e. The van der Waals surface area contributed by atoms with Crippen LogP contribution in [0.2, 0.25) is 0 Å². The molecule has 0 aromatic carbocycles. The summed E-state index contributed by atoms with van der Waals surface area (Å²) in [5.41, 5.74) is 2.69. The minimum atomic E-state index is -0.230. The maximum atomic E-state index is 12.1.